The summed E-state index contributed by atoms with van der Waals surface area (Å²) in [6.07, 6.45) is 10.3. The summed E-state index contributed by atoms with van der Waals surface area (Å²) in [5, 5.41) is 4.27. The van der Waals surface area contributed by atoms with Crippen LogP contribution in [-0.2, 0) is 19.6 Å². The van der Waals surface area contributed by atoms with Crippen LogP contribution in [0.15, 0.2) is 43.2 Å². The Balaban J connectivity index is 1.63. The van der Waals surface area contributed by atoms with Crippen molar-refractivity contribution in [3.63, 3.8) is 0 Å². The van der Waals surface area contributed by atoms with Gasteiger partial charge in [0, 0.05) is 37.9 Å². The molecule has 0 N–H and O–H groups in total. The highest BCUT2D eigenvalue weighted by molar-refractivity contribution is 5.32. The Hall–Kier alpha value is -2.70. The first-order valence-electron chi connectivity index (χ1n) is 7.42. The van der Waals surface area contributed by atoms with Gasteiger partial charge in [0.1, 0.15) is 0 Å². The van der Waals surface area contributed by atoms with Gasteiger partial charge in [0.2, 0.25) is 5.95 Å². The largest absolute Gasteiger partial charge is 0.335 e. The molecule has 0 fully saturated rings. The number of fused-ring (bicyclic) bond motifs is 1. The van der Waals surface area contributed by atoms with Gasteiger partial charge in [-0.15, -0.1) is 0 Å². The van der Waals surface area contributed by atoms with Crippen molar-refractivity contribution in [1.29, 1.82) is 0 Å². The molecule has 3 aromatic heterocycles. The average Bonchev–Trinajstić information content (AvgIpc) is 3.14. The Morgan fingerprint density at radius 1 is 1.00 bits per heavy atom. The highest BCUT2D eigenvalue weighted by Crippen LogP contribution is 2.19. The first-order chi connectivity index (χ1) is 10.9. The van der Waals surface area contributed by atoms with E-state index >= 15 is 0 Å². The molecule has 0 aromatic carbocycles. The molecule has 4 rings (SSSR count). The Bertz CT molecular complexity index is 733. The summed E-state index contributed by atoms with van der Waals surface area (Å²) in [5.74, 6) is 0.780. The zero-order valence-corrected chi connectivity index (χ0v) is 12.2. The Labute approximate surface area is 128 Å². The second-order valence-electron chi connectivity index (χ2n) is 5.36. The minimum absolute atomic E-state index is 0.693. The maximum absolute atomic E-state index is 4.58. The number of hydrogen-bond acceptors (Lipinski definition) is 5. The van der Waals surface area contributed by atoms with Crippen molar-refractivity contribution in [2.75, 3.05) is 11.4 Å². The molecule has 0 radical (unpaired) electrons. The van der Waals surface area contributed by atoms with Crippen molar-refractivity contribution in [2.24, 2.45) is 0 Å². The number of anilines is 1. The quantitative estimate of drug-likeness (QED) is 0.729. The van der Waals surface area contributed by atoms with E-state index in [2.05, 4.69) is 29.5 Å². The number of aromatic nitrogens is 6. The van der Waals surface area contributed by atoms with Crippen LogP contribution in [0.5, 0.6) is 0 Å². The maximum atomic E-state index is 4.58. The fourth-order valence-corrected chi connectivity index (χ4v) is 2.82. The summed E-state index contributed by atoms with van der Waals surface area (Å²) in [4.78, 5) is 15.5. The predicted octanol–water partition coefficient (Wildman–Crippen LogP) is 1.33. The van der Waals surface area contributed by atoms with E-state index in [0.717, 1.165) is 37.7 Å². The molecular formula is C15H17N7. The summed E-state index contributed by atoms with van der Waals surface area (Å²) >= 11 is 0. The SMILES string of the molecule is c1cnc(N2CCCn3cnc(Cn4cccn4)c3C2)nc1. The molecule has 0 spiro atoms. The van der Waals surface area contributed by atoms with E-state index in [9.17, 15) is 0 Å². The van der Waals surface area contributed by atoms with Crippen molar-refractivity contribution >= 4 is 5.95 Å². The topological polar surface area (TPSA) is 64.7 Å². The number of aryl methyl sites for hydroxylation is 1. The van der Waals surface area contributed by atoms with Gasteiger partial charge in [-0.3, -0.25) is 4.68 Å². The zero-order chi connectivity index (χ0) is 14.8. The first-order valence-corrected chi connectivity index (χ1v) is 7.42. The van der Waals surface area contributed by atoms with Crippen LogP contribution in [0.3, 0.4) is 0 Å². The molecule has 7 heteroatoms. The van der Waals surface area contributed by atoms with Crippen molar-refractivity contribution in [2.45, 2.75) is 26.1 Å². The van der Waals surface area contributed by atoms with Crippen molar-refractivity contribution in [3.05, 3.63) is 54.6 Å². The Kier molecular flexibility index (Phi) is 3.30. The van der Waals surface area contributed by atoms with Crippen LogP contribution in [0.2, 0.25) is 0 Å². The number of imidazole rings is 1. The minimum atomic E-state index is 0.693. The van der Waals surface area contributed by atoms with Gasteiger partial charge < -0.3 is 9.47 Å². The van der Waals surface area contributed by atoms with E-state index in [-0.39, 0.29) is 0 Å². The normalized spacial score (nSPS) is 14.6. The number of hydrogen-bond donors (Lipinski definition) is 0. The van der Waals surface area contributed by atoms with Gasteiger partial charge >= 0.3 is 0 Å². The van der Waals surface area contributed by atoms with Crippen molar-refractivity contribution < 1.29 is 0 Å². The summed E-state index contributed by atoms with van der Waals surface area (Å²) in [6, 6.07) is 3.77. The van der Waals surface area contributed by atoms with E-state index in [1.807, 2.05) is 29.3 Å². The van der Waals surface area contributed by atoms with Crippen LogP contribution >= 0.6 is 0 Å². The van der Waals surface area contributed by atoms with Gasteiger partial charge in [-0.25, -0.2) is 15.0 Å². The number of nitrogens with zero attached hydrogens (tertiary/aromatic N) is 7. The van der Waals surface area contributed by atoms with Crippen molar-refractivity contribution in [3.8, 4) is 0 Å². The van der Waals surface area contributed by atoms with Crippen LogP contribution in [0.1, 0.15) is 17.8 Å². The molecule has 22 heavy (non-hydrogen) atoms. The van der Waals surface area contributed by atoms with Crippen LogP contribution in [-0.4, -0.2) is 35.8 Å². The smallest absolute Gasteiger partial charge is 0.225 e. The summed E-state index contributed by atoms with van der Waals surface area (Å²) in [5.41, 5.74) is 2.28. The molecule has 1 aliphatic rings. The Morgan fingerprint density at radius 3 is 2.73 bits per heavy atom. The zero-order valence-electron chi connectivity index (χ0n) is 12.2. The molecule has 0 bridgehead atoms. The lowest BCUT2D eigenvalue weighted by molar-refractivity contribution is 0.653. The third-order valence-corrected chi connectivity index (χ3v) is 3.91. The lowest BCUT2D eigenvalue weighted by atomic mass is 10.3. The summed E-state index contributed by atoms with van der Waals surface area (Å²) in [6.45, 7) is 3.40. The van der Waals surface area contributed by atoms with Crippen LogP contribution in [0.4, 0.5) is 5.95 Å². The van der Waals surface area contributed by atoms with E-state index in [1.165, 1.54) is 5.69 Å². The van der Waals surface area contributed by atoms with Gasteiger partial charge in [0.05, 0.1) is 30.8 Å². The molecule has 0 saturated carbocycles. The molecule has 0 amide bonds. The second-order valence-corrected chi connectivity index (χ2v) is 5.36. The third-order valence-electron chi connectivity index (χ3n) is 3.91. The molecular weight excluding hydrogens is 278 g/mol. The second kappa shape index (κ2) is 5.59. The van der Waals surface area contributed by atoms with E-state index in [0.29, 0.717) is 6.54 Å². The maximum Gasteiger partial charge on any atom is 0.225 e. The van der Waals surface area contributed by atoms with Gasteiger partial charge in [0.15, 0.2) is 0 Å². The summed E-state index contributed by atoms with van der Waals surface area (Å²) < 4.78 is 4.14. The molecule has 4 heterocycles. The first kappa shape index (κ1) is 13.0. The molecule has 0 unspecified atom stereocenters. The molecule has 112 valence electrons. The molecule has 0 aliphatic carbocycles. The van der Waals surface area contributed by atoms with E-state index in [1.54, 1.807) is 18.6 Å². The van der Waals surface area contributed by atoms with Crippen molar-refractivity contribution in [1.82, 2.24) is 29.3 Å². The van der Waals surface area contributed by atoms with Crippen LogP contribution < -0.4 is 4.90 Å². The van der Waals surface area contributed by atoms with Crippen LogP contribution in [0, 0.1) is 0 Å². The molecule has 0 atom stereocenters. The predicted molar refractivity (Wildman–Crippen MR) is 81.3 cm³/mol. The molecule has 1 aliphatic heterocycles. The van der Waals surface area contributed by atoms with Gasteiger partial charge in [-0.2, -0.15) is 5.10 Å². The molecule has 3 aromatic rings. The fraction of sp³-hybridized carbons (Fsp3) is 0.333. The van der Waals surface area contributed by atoms with Crippen LogP contribution in [0.25, 0.3) is 0 Å². The lowest BCUT2D eigenvalue weighted by Gasteiger charge is -2.20. The highest BCUT2D eigenvalue weighted by Gasteiger charge is 2.20. The van der Waals surface area contributed by atoms with E-state index < -0.39 is 0 Å². The van der Waals surface area contributed by atoms with Gasteiger partial charge in [-0.1, -0.05) is 0 Å². The Morgan fingerprint density at radius 2 is 1.91 bits per heavy atom. The molecule has 0 saturated heterocycles. The summed E-state index contributed by atoms with van der Waals surface area (Å²) in [7, 11) is 0. The van der Waals surface area contributed by atoms with E-state index in [4.69, 9.17) is 0 Å². The average molecular weight is 295 g/mol. The van der Waals surface area contributed by atoms with Gasteiger partial charge in [-0.05, 0) is 18.6 Å². The standard InChI is InChI=1S/C15H17N7/c1-4-16-15(17-5-1)20-7-3-8-21-12-18-13(14(21)11-20)10-22-9-2-6-19-22/h1-2,4-6,9,12H,3,7-8,10-11H2. The van der Waals surface area contributed by atoms with Gasteiger partial charge in [0.25, 0.3) is 0 Å². The minimum Gasteiger partial charge on any atom is -0.335 e. The molecule has 7 nitrogen and oxygen atoms in total. The monoisotopic (exact) mass is 295 g/mol. The number of rotatable bonds is 3. The highest BCUT2D eigenvalue weighted by atomic mass is 15.3. The third kappa shape index (κ3) is 2.45. The fourth-order valence-electron chi connectivity index (χ4n) is 2.82. The lowest BCUT2D eigenvalue weighted by Crippen LogP contribution is -2.25.